The predicted molar refractivity (Wildman–Crippen MR) is 66.4 cm³/mol. The lowest BCUT2D eigenvalue weighted by atomic mass is 10.1. The van der Waals surface area contributed by atoms with Crippen molar-refractivity contribution in [1.82, 2.24) is 4.98 Å². The Bertz CT molecular complexity index is 679. The van der Waals surface area contributed by atoms with Gasteiger partial charge in [-0.25, -0.2) is 4.39 Å². The molecular formula is C14H11FN2O. The summed E-state index contributed by atoms with van der Waals surface area (Å²) in [4.78, 5) is 4.18. The Morgan fingerprint density at radius 1 is 1.17 bits per heavy atom. The molecule has 18 heavy (non-hydrogen) atoms. The third-order valence-electron chi connectivity index (χ3n) is 2.81. The lowest BCUT2D eigenvalue weighted by Gasteiger charge is -2.06. The number of rotatable bonds is 2. The molecule has 4 heteroatoms. The van der Waals surface area contributed by atoms with Gasteiger partial charge in [-0.1, -0.05) is 6.07 Å². The fraction of sp³-hybridized carbons (Fsp3) is 0.0714. The number of aromatic nitrogens is 1. The van der Waals surface area contributed by atoms with Crippen LogP contribution in [0, 0.1) is 5.82 Å². The number of fused-ring (bicyclic) bond motifs is 1. The number of halogens is 1. The number of pyridine rings is 1. The van der Waals surface area contributed by atoms with Crippen LogP contribution < -0.4 is 5.73 Å². The average molecular weight is 242 g/mol. The molecule has 3 rings (SSSR count). The van der Waals surface area contributed by atoms with E-state index in [1.165, 1.54) is 12.1 Å². The van der Waals surface area contributed by atoms with Crippen molar-refractivity contribution in [3.8, 4) is 0 Å². The summed E-state index contributed by atoms with van der Waals surface area (Å²) in [7, 11) is 0. The summed E-state index contributed by atoms with van der Waals surface area (Å²) in [5.74, 6) is 0.288. The lowest BCUT2D eigenvalue weighted by Crippen LogP contribution is -2.12. The second kappa shape index (κ2) is 4.23. The molecule has 0 amide bonds. The number of hydrogen-bond donors (Lipinski definition) is 1. The van der Waals surface area contributed by atoms with Crippen LogP contribution in [-0.2, 0) is 0 Å². The molecule has 1 aromatic carbocycles. The van der Waals surface area contributed by atoms with Gasteiger partial charge in [0.25, 0.3) is 0 Å². The number of hydrogen-bond acceptors (Lipinski definition) is 3. The smallest absolute Gasteiger partial charge is 0.134 e. The largest absolute Gasteiger partial charge is 0.459 e. The van der Waals surface area contributed by atoms with Gasteiger partial charge in [0, 0.05) is 11.6 Å². The topological polar surface area (TPSA) is 52.0 Å². The van der Waals surface area contributed by atoms with Gasteiger partial charge in [-0.3, -0.25) is 4.98 Å². The minimum absolute atomic E-state index is 0.291. The molecule has 90 valence electrons. The van der Waals surface area contributed by atoms with E-state index in [2.05, 4.69) is 4.98 Å². The Balaban J connectivity index is 2.04. The monoisotopic (exact) mass is 242 g/mol. The number of benzene rings is 1. The van der Waals surface area contributed by atoms with Crippen LogP contribution in [0.5, 0.6) is 0 Å². The summed E-state index contributed by atoms with van der Waals surface area (Å²) in [6.07, 6.45) is 1.68. The van der Waals surface area contributed by atoms with Crippen LogP contribution in [0.1, 0.15) is 17.5 Å². The zero-order chi connectivity index (χ0) is 12.5. The maximum Gasteiger partial charge on any atom is 0.134 e. The summed E-state index contributed by atoms with van der Waals surface area (Å²) in [6.45, 7) is 0. The average Bonchev–Trinajstić information content (AvgIpc) is 2.81. The first-order chi connectivity index (χ1) is 8.74. The second-order valence-corrected chi connectivity index (χ2v) is 4.06. The Morgan fingerprint density at radius 2 is 2.06 bits per heavy atom. The van der Waals surface area contributed by atoms with E-state index in [4.69, 9.17) is 10.2 Å². The van der Waals surface area contributed by atoms with E-state index < -0.39 is 6.04 Å². The predicted octanol–water partition coefficient (Wildman–Crippen LogP) is 3.02. The Morgan fingerprint density at radius 3 is 2.83 bits per heavy atom. The van der Waals surface area contributed by atoms with Gasteiger partial charge in [-0.2, -0.15) is 0 Å². The molecule has 0 radical (unpaired) electrons. The standard InChI is InChI=1S/C14H11FN2O/c15-10-4-5-12-9(7-10)8-13(18-12)14(16)11-3-1-2-6-17-11/h1-8,14H,16H2. The van der Waals surface area contributed by atoms with Crippen molar-refractivity contribution in [2.75, 3.05) is 0 Å². The van der Waals surface area contributed by atoms with Gasteiger partial charge in [0.2, 0.25) is 0 Å². The molecule has 2 N–H and O–H groups in total. The molecule has 0 bridgehead atoms. The van der Waals surface area contributed by atoms with E-state index in [0.717, 1.165) is 5.69 Å². The van der Waals surface area contributed by atoms with Crippen molar-refractivity contribution in [1.29, 1.82) is 0 Å². The van der Waals surface area contributed by atoms with Crippen molar-refractivity contribution in [3.63, 3.8) is 0 Å². The minimum Gasteiger partial charge on any atom is -0.459 e. The third kappa shape index (κ3) is 1.87. The summed E-state index contributed by atoms with van der Waals surface area (Å²) >= 11 is 0. The van der Waals surface area contributed by atoms with E-state index in [0.29, 0.717) is 16.7 Å². The quantitative estimate of drug-likeness (QED) is 0.751. The van der Waals surface area contributed by atoms with Gasteiger partial charge in [0.05, 0.1) is 5.69 Å². The highest BCUT2D eigenvalue weighted by molar-refractivity contribution is 5.78. The van der Waals surface area contributed by atoms with Crippen molar-refractivity contribution >= 4 is 11.0 Å². The fourth-order valence-electron chi connectivity index (χ4n) is 1.89. The van der Waals surface area contributed by atoms with Crippen LogP contribution >= 0.6 is 0 Å². The summed E-state index contributed by atoms with van der Waals surface area (Å²) < 4.78 is 18.7. The Kier molecular flexibility index (Phi) is 2.57. The van der Waals surface area contributed by atoms with Gasteiger partial charge >= 0.3 is 0 Å². The van der Waals surface area contributed by atoms with E-state index in [1.807, 2.05) is 18.2 Å². The fourth-order valence-corrected chi connectivity index (χ4v) is 1.89. The second-order valence-electron chi connectivity index (χ2n) is 4.06. The number of nitrogens with two attached hydrogens (primary N) is 1. The first-order valence-corrected chi connectivity index (χ1v) is 5.59. The first kappa shape index (κ1) is 10.9. The zero-order valence-electron chi connectivity index (χ0n) is 9.51. The molecule has 2 heterocycles. The van der Waals surface area contributed by atoms with Crippen LogP contribution in [0.25, 0.3) is 11.0 Å². The molecule has 0 saturated carbocycles. The molecule has 0 saturated heterocycles. The number of nitrogens with zero attached hydrogens (tertiary/aromatic N) is 1. The molecule has 3 nitrogen and oxygen atoms in total. The normalized spacial score (nSPS) is 12.8. The van der Waals surface area contributed by atoms with Crippen molar-refractivity contribution in [2.45, 2.75) is 6.04 Å². The van der Waals surface area contributed by atoms with Gasteiger partial charge in [0.1, 0.15) is 23.2 Å². The summed E-state index contributed by atoms with van der Waals surface area (Å²) in [5.41, 5.74) is 7.41. The van der Waals surface area contributed by atoms with Crippen LogP contribution in [0.2, 0.25) is 0 Å². The molecule has 0 aliphatic heterocycles. The van der Waals surface area contributed by atoms with Crippen molar-refractivity contribution in [3.05, 3.63) is 65.9 Å². The van der Waals surface area contributed by atoms with E-state index >= 15 is 0 Å². The highest BCUT2D eigenvalue weighted by Gasteiger charge is 2.15. The maximum absolute atomic E-state index is 13.1. The molecule has 1 unspecified atom stereocenters. The van der Waals surface area contributed by atoms with Crippen LogP contribution in [0.3, 0.4) is 0 Å². The first-order valence-electron chi connectivity index (χ1n) is 5.59. The SMILES string of the molecule is NC(c1ccccn1)c1cc2cc(F)ccc2o1. The van der Waals surface area contributed by atoms with Crippen molar-refractivity contribution in [2.24, 2.45) is 5.73 Å². The van der Waals surface area contributed by atoms with Crippen LogP contribution in [-0.4, -0.2) is 4.98 Å². The molecule has 2 aromatic heterocycles. The van der Waals surface area contributed by atoms with Gasteiger partial charge in [-0.15, -0.1) is 0 Å². The maximum atomic E-state index is 13.1. The van der Waals surface area contributed by atoms with Crippen LogP contribution in [0.15, 0.2) is 53.1 Å². The summed E-state index contributed by atoms with van der Waals surface area (Å²) in [5, 5.41) is 0.705. The Hall–Kier alpha value is -2.20. The van der Waals surface area contributed by atoms with Gasteiger partial charge < -0.3 is 10.2 Å². The van der Waals surface area contributed by atoms with Gasteiger partial charge in [-0.05, 0) is 36.4 Å². The van der Waals surface area contributed by atoms with Gasteiger partial charge in [0.15, 0.2) is 0 Å². The van der Waals surface area contributed by atoms with E-state index in [9.17, 15) is 4.39 Å². The zero-order valence-corrected chi connectivity index (χ0v) is 9.51. The summed E-state index contributed by atoms with van der Waals surface area (Å²) in [6, 6.07) is 11.2. The molecular weight excluding hydrogens is 231 g/mol. The third-order valence-corrected chi connectivity index (χ3v) is 2.81. The van der Waals surface area contributed by atoms with E-state index in [-0.39, 0.29) is 5.82 Å². The molecule has 0 spiro atoms. The minimum atomic E-state index is -0.443. The molecule has 0 aliphatic rings. The molecule has 1 atom stereocenters. The molecule has 0 fully saturated rings. The van der Waals surface area contributed by atoms with Crippen molar-refractivity contribution < 1.29 is 8.81 Å². The number of furan rings is 1. The molecule has 0 aliphatic carbocycles. The van der Waals surface area contributed by atoms with E-state index in [1.54, 1.807) is 18.3 Å². The Labute approximate surface area is 103 Å². The highest BCUT2D eigenvalue weighted by Crippen LogP contribution is 2.26. The molecule has 3 aromatic rings. The highest BCUT2D eigenvalue weighted by atomic mass is 19.1. The lowest BCUT2D eigenvalue weighted by molar-refractivity contribution is 0.520. The van der Waals surface area contributed by atoms with Crippen LogP contribution in [0.4, 0.5) is 4.39 Å².